The zero-order chi connectivity index (χ0) is 10.1. The van der Waals surface area contributed by atoms with Crippen LogP contribution in [0.1, 0.15) is 0 Å². The smallest absolute Gasteiger partial charge is 0.247 e. The fourth-order valence-electron chi connectivity index (χ4n) is 1.14. The van der Waals surface area contributed by atoms with Gasteiger partial charge < -0.3 is 4.74 Å². The molecular weight excluding hydrogens is 297 g/mol. The standard InChI is InChI=1S/C7H6IN5O/c1-9-5-4-6(11-3-10-5)13(8)12-7(4)14-2/h3H,1H2,2H3. The second-order valence-electron chi connectivity index (χ2n) is 2.42. The van der Waals surface area contributed by atoms with E-state index in [9.17, 15) is 0 Å². The number of methoxy groups -OCH3 is 1. The van der Waals surface area contributed by atoms with Crippen LogP contribution < -0.4 is 4.74 Å². The number of nitrogens with zero attached hydrogens (tertiary/aromatic N) is 5. The Morgan fingerprint density at radius 1 is 1.57 bits per heavy atom. The van der Waals surface area contributed by atoms with Crippen LogP contribution in [0.4, 0.5) is 5.82 Å². The monoisotopic (exact) mass is 303 g/mol. The Hall–Kier alpha value is -1.25. The summed E-state index contributed by atoms with van der Waals surface area (Å²) in [5, 5.41) is 4.79. The molecule has 0 bridgehead atoms. The average molecular weight is 303 g/mol. The van der Waals surface area contributed by atoms with E-state index in [1.54, 1.807) is 2.90 Å². The van der Waals surface area contributed by atoms with Crippen molar-refractivity contribution in [3.63, 3.8) is 0 Å². The van der Waals surface area contributed by atoms with Crippen molar-refractivity contribution < 1.29 is 4.74 Å². The highest BCUT2D eigenvalue weighted by Gasteiger charge is 2.15. The first-order valence-electron chi connectivity index (χ1n) is 3.68. The van der Waals surface area contributed by atoms with Crippen LogP contribution in [0.25, 0.3) is 11.0 Å². The summed E-state index contributed by atoms with van der Waals surface area (Å²) in [5.74, 6) is 0.937. The molecule has 0 aliphatic carbocycles. The number of ether oxygens (including phenoxy) is 1. The molecule has 0 atom stereocenters. The van der Waals surface area contributed by atoms with E-state index in [1.165, 1.54) is 13.4 Å². The maximum atomic E-state index is 5.09. The van der Waals surface area contributed by atoms with Crippen molar-refractivity contribution in [1.29, 1.82) is 0 Å². The van der Waals surface area contributed by atoms with Crippen LogP contribution in [-0.4, -0.2) is 31.8 Å². The number of hydrogen-bond acceptors (Lipinski definition) is 5. The SMILES string of the molecule is C=Nc1ncnc2c1c(OC)nn2I. The predicted octanol–water partition coefficient (Wildman–Crippen LogP) is 1.37. The first kappa shape index (κ1) is 9.31. The number of fused-ring (bicyclic) bond motifs is 1. The Bertz CT molecular complexity index is 494. The zero-order valence-electron chi connectivity index (χ0n) is 7.31. The van der Waals surface area contributed by atoms with E-state index in [2.05, 4.69) is 26.8 Å². The molecule has 7 heteroatoms. The lowest BCUT2D eigenvalue weighted by Gasteiger charge is -1.95. The Balaban J connectivity index is 2.89. The highest BCUT2D eigenvalue weighted by atomic mass is 127. The van der Waals surface area contributed by atoms with Gasteiger partial charge in [-0.15, -0.1) is 5.10 Å². The third kappa shape index (κ3) is 1.24. The van der Waals surface area contributed by atoms with Gasteiger partial charge in [-0.05, 0) is 6.72 Å². The zero-order valence-corrected chi connectivity index (χ0v) is 9.46. The molecule has 0 fully saturated rings. The molecule has 2 rings (SSSR count). The van der Waals surface area contributed by atoms with Crippen molar-refractivity contribution in [2.24, 2.45) is 4.99 Å². The highest BCUT2D eigenvalue weighted by Crippen LogP contribution is 2.30. The summed E-state index contributed by atoms with van der Waals surface area (Å²) in [7, 11) is 1.54. The Kier molecular flexibility index (Phi) is 2.32. The third-order valence-electron chi connectivity index (χ3n) is 1.72. The minimum absolute atomic E-state index is 0.456. The van der Waals surface area contributed by atoms with E-state index >= 15 is 0 Å². The lowest BCUT2D eigenvalue weighted by Crippen LogP contribution is -1.84. The van der Waals surface area contributed by atoms with Gasteiger partial charge in [0.05, 0.1) is 30.0 Å². The minimum Gasteiger partial charge on any atom is -0.479 e. The molecule has 2 aromatic rings. The topological polar surface area (TPSA) is 65.2 Å². The van der Waals surface area contributed by atoms with Gasteiger partial charge in [-0.1, -0.05) is 0 Å². The maximum Gasteiger partial charge on any atom is 0.247 e. The minimum atomic E-state index is 0.456. The van der Waals surface area contributed by atoms with Crippen LogP contribution in [0.2, 0.25) is 0 Å². The number of hydrogen-bond donors (Lipinski definition) is 0. The average Bonchev–Trinajstić information content (AvgIpc) is 2.56. The van der Waals surface area contributed by atoms with Gasteiger partial charge in [0.2, 0.25) is 5.88 Å². The van der Waals surface area contributed by atoms with E-state index in [-0.39, 0.29) is 0 Å². The van der Waals surface area contributed by atoms with Gasteiger partial charge in [0, 0.05) is 0 Å². The number of rotatable bonds is 2. The molecule has 0 radical (unpaired) electrons. The second-order valence-corrected chi connectivity index (χ2v) is 3.34. The largest absolute Gasteiger partial charge is 0.479 e. The van der Waals surface area contributed by atoms with Crippen LogP contribution in [0.15, 0.2) is 11.3 Å². The van der Waals surface area contributed by atoms with Crippen LogP contribution in [0.5, 0.6) is 5.88 Å². The lowest BCUT2D eigenvalue weighted by molar-refractivity contribution is 0.401. The predicted molar refractivity (Wildman–Crippen MR) is 60.5 cm³/mol. The Morgan fingerprint density at radius 2 is 2.36 bits per heavy atom. The molecule has 2 heterocycles. The summed E-state index contributed by atoms with van der Waals surface area (Å²) < 4.78 is 6.67. The van der Waals surface area contributed by atoms with Gasteiger partial charge in [0.1, 0.15) is 11.7 Å². The first-order valence-corrected chi connectivity index (χ1v) is 4.65. The molecule has 0 saturated carbocycles. The summed E-state index contributed by atoms with van der Waals surface area (Å²) >= 11 is 2.01. The fraction of sp³-hybridized carbons (Fsp3) is 0.143. The van der Waals surface area contributed by atoms with Crippen molar-refractivity contribution in [2.75, 3.05) is 7.11 Å². The maximum absolute atomic E-state index is 5.09. The quantitative estimate of drug-likeness (QED) is 0.621. The van der Waals surface area contributed by atoms with E-state index in [1.807, 2.05) is 22.9 Å². The highest BCUT2D eigenvalue weighted by molar-refractivity contribution is 14.1. The normalized spacial score (nSPS) is 10.4. The van der Waals surface area contributed by atoms with Crippen molar-refractivity contribution in [2.45, 2.75) is 0 Å². The van der Waals surface area contributed by atoms with Gasteiger partial charge in [-0.25, -0.2) is 15.0 Å². The molecule has 0 amide bonds. The molecule has 0 saturated heterocycles. The molecule has 6 nitrogen and oxygen atoms in total. The summed E-state index contributed by atoms with van der Waals surface area (Å²) in [5.41, 5.74) is 0.667. The summed E-state index contributed by atoms with van der Waals surface area (Å²) in [6.45, 7) is 3.43. The molecule has 0 unspecified atom stereocenters. The first-order chi connectivity index (χ1) is 6.77. The molecule has 0 spiro atoms. The van der Waals surface area contributed by atoms with Crippen LogP contribution in [0, 0.1) is 0 Å². The van der Waals surface area contributed by atoms with Gasteiger partial charge in [-0.3, -0.25) is 0 Å². The molecule has 14 heavy (non-hydrogen) atoms. The number of aliphatic imine (C=N–C) groups is 1. The number of aromatic nitrogens is 4. The van der Waals surface area contributed by atoms with Crippen LogP contribution in [-0.2, 0) is 0 Å². The summed E-state index contributed by atoms with van der Waals surface area (Å²) in [6.07, 6.45) is 1.42. The molecule has 72 valence electrons. The van der Waals surface area contributed by atoms with Crippen molar-refractivity contribution in [3.8, 4) is 5.88 Å². The fourth-order valence-corrected chi connectivity index (χ4v) is 1.70. The molecule has 0 aliphatic rings. The van der Waals surface area contributed by atoms with Crippen LogP contribution in [0.3, 0.4) is 0 Å². The molecule has 0 aromatic carbocycles. The van der Waals surface area contributed by atoms with Crippen LogP contribution >= 0.6 is 22.9 Å². The number of halogens is 1. The van der Waals surface area contributed by atoms with Crippen molar-refractivity contribution in [3.05, 3.63) is 6.33 Å². The van der Waals surface area contributed by atoms with E-state index in [0.29, 0.717) is 22.7 Å². The molecule has 2 aromatic heterocycles. The molecule has 0 N–H and O–H groups in total. The van der Waals surface area contributed by atoms with Gasteiger partial charge >= 0.3 is 0 Å². The molecular formula is C7H6IN5O. The van der Waals surface area contributed by atoms with E-state index < -0.39 is 0 Å². The van der Waals surface area contributed by atoms with E-state index in [0.717, 1.165) is 0 Å². The van der Waals surface area contributed by atoms with Gasteiger partial charge in [0.25, 0.3) is 0 Å². The van der Waals surface area contributed by atoms with Gasteiger partial charge in [-0.2, -0.15) is 2.90 Å². The lowest BCUT2D eigenvalue weighted by atomic mass is 10.4. The summed E-state index contributed by atoms with van der Waals surface area (Å²) in [4.78, 5) is 11.8. The van der Waals surface area contributed by atoms with E-state index in [4.69, 9.17) is 4.74 Å². The Morgan fingerprint density at radius 3 is 3.00 bits per heavy atom. The molecule has 0 aliphatic heterocycles. The Labute approximate surface area is 93.5 Å². The third-order valence-corrected chi connectivity index (χ3v) is 2.39. The van der Waals surface area contributed by atoms with Gasteiger partial charge in [0.15, 0.2) is 11.5 Å². The van der Waals surface area contributed by atoms with Crippen molar-refractivity contribution in [1.82, 2.24) is 18.0 Å². The summed E-state index contributed by atoms with van der Waals surface area (Å²) in [6, 6.07) is 0. The second kappa shape index (κ2) is 3.48. The van der Waals surface area contributed by atoms with Crippen molar-refractivity contribution >= 4 is 46.4 Å².